The van der Waals surface area contributed by atoms with Gasteiger partial charge in [0.1, 0.15) is 6.10 Å². The monoisotopic (exact) mass is 287 g/mol. The Morgan fingerprint density at radius 2 is 2.12 bits per heavy atom. The SMILES string of the molecule is Cc1nc(C(O)Cc2ccc(Cl)c(Cl)c2)cs1. The second-order valence-corrected chi connectivity index (χ2v) is 5.64. The first-order valence-electron chi connectivity index (χ1n) is 5.10. The van der Waals surface area contributed by atoms with Crippen LogP contribution < -0.4 is 0 Å². The summed E-state index contributed by atoms with van der Waals surface area (Å²) in [7, 11) is 0. The van der Waals surface area contributed by atoms with Crippen molar-refractivity contribution in [3.63, 3.8) is 0 Å². The van der Waals surface area contributed by atoms with Gasteiger partial charge in [-0.3, -0.25) is 0 Å². The van der Waals surface area contributed by atoms with Crippen LogP contribution >= 0.6 is 34.5 Å². The Morgan fingerprint density at radius 1 is 1.35 bits per heavy atom. The summed E-state index contributed by atoms with van der Waals surface area (Å²) in [6, 6.07) is 5.36. The van der Waals surface area contributed by atoms with Gasteiger partial charge in [0.25, 0.3) is 0 Å². The largest absolute Gasteiger partial charge is 0.386 e. The predicted molar refractivity (Wildman–Crippen MR) is 72.0 cm³/mol. The average Bonchev–Trinajstić information content (AvgIpc) is 2.70. The molecule has 2 nitrogen and oxygen atoms in total. The predicted octanol–water partition coefficient (Wildman–Crippen LogP) is 4.03. The third-order valence-electron chi connectivity index (χ3n) is 2.39. The molecule has 0 fully saturated rings. The van der Waals surface area contributed by atoms with Crippen LogP contribution in [0, 0.1) is 6.92 Å². The summed E-state index contributed by atoms with van der Waals surface area (Å²) in [4.78, 5) is 4.26. The number of benzene rings is 1. The van der Waals surface area contributed by atoms with Crippen LogP contribution in [0.25, 0.3) is 0 Å². The maximum atomic E-state index is 10.0. The smallest absolute Gasteiger partial charge is 0.101 e. The Hall–Kier alpha value is -0.610. The van der Waals surface area contributed by atoms with E-state index in [-0.39, 0.29) is 0 Å². The van der Waals surface area contributed by atoms with Crippen LogP contribution in [0.3, 0.4) is 0 Å². The number of thiazole rings is 1. The summed E-state index contributed by atoms with van der Waals surface area (Å²) in [5, 5.41) is 13.9. The maximum Gasteiger partial charge on any atom is 0.101 e. The number of nitrogens with zero attached hydrogens (tertiary/aromatic N) is 1. The molecule has 0 saturated carbocycles. The number of hydrogen-bond donors (Lipinski definition) is 1. The number of aryl methyl sites for hydroxylation is 1. The zero-order valence-electron chi connectivity index (χ0n) is 9.15. The molecule has 1 heterocycles. The second kappa shape index (κ2) is 5.36. The van der Waals surface area contributed by atoms with E-state index < -0.39 is 6.10 Å². The highest BCUT2D eigenvalue weighted by Crippen LogP contribution is 2.26. The number of aromatic nitrogens is 1. The molecular formula is C12H11Cl2NOS. The van der Waals surface area contributed by atoms with Crippen LogP contribution in [-0.2, 0) is 6.42 Å². The molecule has 90 valence electrons. The number of halogens is 2. The fraction of sp³-hybridized carbons (Fsp3) is 0.250. The molecule has 1 aromatic carbocycles. The van der Waals surface area contributed by atoms with Crippen molar-refractivity contribution in [2.75, 3.05) is 0 Å². The van der Waals surface area contributed by atoms with Gasteiger partial charge in [0.2, 0.25) is 0 Å². The van der Waals surface area contributed by atoms with Gasteiger partial charge in [-0.15, -0.1) is 11.3 Å². The minimum atomic E-state index is -0.600. The topological polar surface area (TPSA) is 33.1 Å². The summed E-state index contributed by atoms with van der Waals surface area (Å²) in [6.07, 6.45) is -0.114. The standard InChI is InChI=1S/C12H11Cl2NOS/c1-7-15-11(6-17-7)12(16)5-8-2-3-9(13)10(14)4-8/h2-4,6,12,16H,5H2,1H3. The molecule has 0 radical (unpaired) electrons. The Bertz CT molecular complexity index is 527. The van der Waals surface area contributed by atoms with Crippen molar-refractivity contribution in [1.29, 1.82) is 0 Å². The molecule has 1 aromatic heterocycles. The van der Waals surface area contributed by atoms with Gasteiger partial charge in [0.05, 0.1) is 20.7 Å². The molecule has 17 heavy (non-hydrogen) atoms. The van der Waals surface area contributed by atoms with Gasteiger partial charge in [-0.1, -0.05) is 29.3 Å². The van der Waals surface area contributed by atoms with Crippen molar-refractivity contribution in [2.45, 2.75) is 19.4 Å². The summed E-state index contributed by atoms with van der Waals surface area (Å²) in [5.74, 6) is 0. The molecule has 2 rings (SSSR count). The molecule has 0 amide bonds. The van der Waals surface area contributed by atoms with E-state index in [4.69, 9.17) is 23.2 Å². The third kappa shape index (κ3) is 3.19. The van der Waals surface area contributed by atoms with E-state index in [9.17, 15) is 5.11 Å². The van der Waals surface area contributed by atoms with E-state index in [0.29, 0.717) is 22.2 Å². The Morgan fingerprint density at radius 3 is 2.71 bits per heavy atom. The molecule has 2 aromatic rings. The van der Waals surface area contributed by atoms with E-state index in [1.54, 1.807) is 12.1 Å². The summed E-state index contributed by atoms with van der Waals surface area (Å²) >= 11 is 13.3. The fourth-order valence-electron chi connectivity index (χ4n) is 1.53. The molecule has 0 aliphatic heterocycles. The summed E-state index contributed by atoms with van der Waals surface area (Å²) in [6.45, 7) is 1.92. The molecule has 0 spiro atoms. The first-order chi connectivity index (χ1) is 8.06. The Balaban J connectivity index is 2.12. The van der Waals surface area contributed by atoms with Crippen molar-refractivity contribution < 1.29 is 5.11 Å². The van der Waals surface area contributed by atoms with Gasteiger partial charge >= 0.3 is 0 Å². The van der Waals surface area contributed by atoms with Crippen molar-refractivity contribution in [1.82, 2.24) is 4.98 Å². The highest BCUT2D eigenvalue weighted by molar-refractivity contribution is 7.09. The minimum absolute atomic E-state index is 0.486. The van der Waals surface area contributed by atoms with Gasteiger partial charge in [0, 0.05) is 11.8 Å². The normalized spacial score (nSPS) is 12.7. The van der Waals surface area contributed by atoms with E-state index >= 15 is 0 Å². The number of aliphatic hydroxyl groups excluding tert-OH is 1. The second-order valence-electron chi connectivity index (χ2n) is 3.76. The number of rotatable bonds is 3. The summed E-state index contributed by atoms with van der Waals surface area (Å²) < 4.78 is 0. The summed E-state index contributed by atoms with van der Waals surface area (Å²) in [5.41, 5.74) is 1.65. The van der Waals surface area contributed by atoms with Crippen LogP contribution in [0.5, 0.6) is 0 Å². The van der Waals surface area contributed by atoms with Crippen molar-refractivity contribution >= 4 is 34.5 Å². The van der Waals surface area contributed by atoms with Crippen molar-refractivity contribution in [3.8, 4) is 0 Å². The first-order valence-corrected chi connectivity index (χ1v) is 6.74. The lowest BCUT2D eigenvalue weighted by Gasteiger charge is -2.08. The highest BCUT2D eigenvalue weighted by atomic mass is 35.5. The zero-order valence-corrected chi connectivity index (χ0v) is 11.5. The van der Waals surface area contributed by atoms with E-state index in [0.717, 1.165) is 10.6 Å². The maximum absolute atomic E-state index is 10.0. The molecule has 0 aliphatic rings. The molecule has 0 bridgehead atoms. The highest BCUT2D eigenvalue weighted by Gasteiger charge is 2.12. The Kier molecular flexibility index (Phi) is 4.05. The van der Waals surface area contributed by atoms with Crippen molar-refractivity contribution in [2.24, 2.45) is 0 Å². The molecule has 1 unspecified atom stereocenters. The lowest BCUT2D eigenvalue weighted by atomic mass is 10.1. The van der Waals surface area contributed by atoms with Gasteiger partial charge in [-0.2, -0.15) is 0 Å². The minimum Gasteiger partial charge on any atom is -0.386 e. The van der Waals surface area contributed by atoms with E-state index in [2.05, 4.69) is 4.98 Å². The number of aliphatic hydroxyl groups is 1. The lowest BCUT2D eigenvalue weighted by molar-refractivity contribution is 0.174. The third-order valence-corrected chi connectivity index (χ3v) is 3.92. The van der Waals surface area contributed by atoms with Crippen LogP contribution in [0.2, 0.25) is 10.0 Å². The van der Waals surface area contributed by atoms with Gasteiger partial charge in [0.15, 0.2) is 0 Å². The van der Waals surface area contributed by atoms with Gasteiger partial charge in [-0.05, 0) is 24.6 Å². The zero-order chi connectivity index (χ0) is 12.4. The quantitative estimate of drug-likeness (QED) is 0.924. The van der Waals surface area contributed by atoms with Crippen LogP contribution in [0.1, 0.15) is 22.4 Å². The molecule has 1 N–H and O–H groups in total. The Labute approximate surface area is 114 Å². The van der Waals surface area contributed by atoms with Gasteiger partial charge in [-0.25, -0.2) is 4.98 Å². The van der Waals surface area contributed by atoms with Crippen LogP contribution in [0.15, 0.2) is 23.6 Å². The van der Waals surface area contributed by atoms with Gasteiger partial charge < -0.3 is 5.11 Å². The molecular weight excluding hydrogens is 277 g/mol. The van der Waals surface area contributed by atoms with Crippen LogP contribution in [0.4, 0.5) is 0 Å². The average molecular weight is 288 g/mol. The van der Waals surface area contributed by atoms with Crippen LogP contribution in [-0.4, -0.2) is 10.1 Å². The van der Waals surface area contributed by atoms with E-state index in [1.165, 1.54) is 11.3 Å². The molecule has 5 heteroatoms. The molecule has 0 saturated heterocycles. The molecule has 0 aliphatic carbocycles. The molecule has 1 atom stereocenters. The number of hydrogen-bond acceptors (Lipinski definition) is 3. The van der Waals surface area contributed by atoms with Crippen molar-refractivity contribution in [3.05, 3.63) is 49.9 Å². The fourth-order valence-corrected chi connectivity index (χ4v) is 2.51. The lowest BCUT2D eigenvalue weighted by Crippen LogP contribution is -2.02. The van der Waals surface area contributed by atoms with E-state index in [1.807, 2.05) is 18.4 Å². The first kappa shape index (κ1) is 12.8.